The lowest BCUT2D eigenvalue weighted by Gasteiger charge is -2.23. The van der Waals surface area contributed by atoms with Gasteiger partial charge in [0, 0.05) is 25.1 Å². The highest BCUT2D eigenvalue weighted by molar-refractivity contribution is 5.95. The molecule has 1 aliphatic heterocycles. The van der Waals surface area contributed by atoms with Gasteiger partial charge in [-0.3, -0.25) is 4.79 Å². The second-order valence-corrected chi connectivity index (χ2v) is 6.07. The number of benzene rings is 2. The van der Waals surface area contributed by atoms with Gasteiger partial charge in [0.2, 0.25) is 0 Å². The van der Waals surface area contributed by atoms with Gasteiger partial charge in [0.25, 0.3) is 5.91 Å². The maximum Gasteiger partial charge on any atom is 0.254 e. The highest BCUT2D eigenvalue weighted by Gasteiger charge is 2.19. The van der Waals surface area contributed by atoms with E-state index in [9.17, 15) is 4.79 Å². The van der Waals surface area contributed by atoms with Crippen LogP contribution >= 0.6 is 12.4 Å². The SMILES string of the molecule is Cl.NCCCN(Cc1ccccc1)C(=O)c1ccc2c(c1)OCCCO2. The lowest BCUT2D eigenvalue weighted by Crippen LogP contribution is -2.32. The summed E-state index contributed by atoms with van der Waals surface area (Å²) in [5, 5.41) is 0. The summed E-state index contributed by atoms with van der Waals surface area (Å²) in [7, 11) is 0. The zero-order chi connectivity index (χ0) is 17.5. The average Bonchev–Trinajstić information content (AvgIpc) is 2.90. The van der Waals surface area contributed by atoms with Gasteiger partial charge in [-0.05, 0) is 36.7 Å². The second kappa shape index (κ2) is 10.0. The molecule has 0 radical (unpaired) electrons. The van der Waals surface area contributed by atoms with Crippen LogP contribution in [0.4, 0.5) is 0 Å². The van der Waals surface area contributed by atoms with Crippen molar-refractivity contribution in [3.63, 3.8) is 0 Å². The zero-order valence-electron chi connectivity index (χ0n) is 14.7. The molecule has 2 aromatic carbocycles. The molecule has 1 aliphatic rings. The largest absolute Gasteiger partial charge is 0.490 e. The topological polar surface area (TPSA) is 64.8 Å². The highest BCUT2D eigenvalue weighted by atomic mass is 35.5. The lowest BCUT2D eigenvalue weighted by molar-refractivity contribution is 0.0741. The molecule has 3 rings (SSSR count). The van der Waals surface area contributed by atoms with E-state index in [1.165, 1.54) is 0 Å². The minimum Gasteiger partial charge on any atom is -0.490 e. The molecule has 26 heavy (non-hydrogen) atoms. The average molecular weight is 377 g/mol. The lowest BCUT2D eigenvalue weighted by atomic mass is 10.1. The van der Waals surface area contributed by atoms with Gasteiger partial charge in [0.1, 0.15) is 0 Å². The van der Waals surface area contributed by atoms with Gasteiger partial charge < -0.3 is 20.1 Å². The van der Waals surface area contributed by atoms with Crippen LogP contribution in [0, 0.1) is 0 Å². The number of hydrogen-bond acceptors (Lipinski definition) is 4. The predicted octanol–water partition coefficient (Wildman–Crippen LogP) is 3.26. The van der Waals surface area contributed by atoms with E-state index in [1.54, 1.807) is 12.1 Å². The van der Waals surface area contributed by atoms with Gasteiger partial charge >= 0.3 is 0 Å². The van der Waals surface area contributed by atoms with Crippen molar-refractivity contribution in [3.8, 4) is 11.5 Å². The molecule has 2 aromatic rings. The van der Waals surface area contributed by atoms with Crippen molar-refractivity contribution in [1.82, 2.24) is 4.90 Å². The molecule has 140 valence electrons. The highest BCUT2D eigenvalue weighted by Crippen LogP contribution is 2.31. The number of carbonyl (C=O) groups excluding carboxylic acids is 1. The maximum absolute atomic E-state index is 13.0. The van der Waals surface area contributed by atoms with E-state index in [0.29, 0.717) is 49.9 Å². The molecule has 0 unspecified atom stereocenters. The summed E-state index contributed by atoms with van der Waals surface area (Å²) in [6.07, 6.45) is 1.61. The molecule has 6 heteroatoms. The summed E-state index contributed by atoms with van der Waals surface area (Å²) < 4.78 is 11.3. The van der Waals surface area contributed by atoms with Crippen LogP contribution < -0.4 is 15.2 Å². The fourth-order valence-corrected chi connectivity index (χ4v) is 2.82. The molecule has 0 spiro atoms. The molecule has 0 atom stereocenters. The van der Waals surface area contributed by atoms with E-state index >= 15 is 0 Å². The fourth-order valence-electron chi connectivity index (χ4n) is 2.82. The van der Waals surface area contributed by atoms with E-state index < -0.39 is 0 Å². The van der Waals surface area contributed by atoms with Crippen molar-refractivity contribution in [3.05, 3.63) is 59.7 Å². The van der Waals surface area contributed by atoms with Gasteiger partial charge in [-0.15, -0.1) is 12.4 Å². The summed E-state index contributed by atoms with van der Waals surface area (Å²) >= 11 is 0. The number of hydrogen-bond donors (Lipinski definition) is 1. The standard InChI is InChI=1S/C20H24N2O3.ClH/c21-10-4-11-22(15-16-6-2-1-3-7-16)20(23)17-8-9-18-19(14-17)25-13-5-12-24-18;/h1-3,6-9,14H,4-5,10-13,15,21H2;1H. The van der Waals surface area contributed by atoms with Crippen LogP contribution in [0.15, 0.2) is 48.5 Å². The number of nitrogens with zero attached hydrogens (tertiary/aromatic N) is 1. The van der Waals surface area contributed by atoms with Crippen molar-refractivity contribution in [2.24, 2.45) is 5.73 Å². The third-order valence-electron chi connectivity index (χ3n) is 4.13. The summed E-state index contributed by atoms with van der Waals surface area (Å²) in [6.45, 7) is 2.98. The number of rotatable bonds is 6. The summed E-state index contributed by atoms with van der Waals surface area (Å²) in [6, 6.07) is 15.4. The molecule has 0 fully saturated rings. The van der Waals surface area contributed by atoms with E-state index in [2.05, 4.69) is 0 Å². The molecule has 5 nitrogen and oxygen atoms in total. The Morgan fingerprint density at radius 3 is 2.50 bits per heavy atom. The number of ether oxygens (including phenoxy) is 2. The van der Waals surface area contributed by atoms with Gasteiger partial charge in [-0.1, -0.05) is 30.3 Å². The van der Waals surface area contributed by atoms with E-state index in [4.69, 9.17) is 15.2 Å². The van der Waals surface area contributed by atoms with Crippen molar-refractivity contribution >= 4 is 18.3 Å². The Morgan fingerprint density at radius 2 is 1.77 bits per heavy atom. The first-order valence-electron chi connectivity index (χ1n) is 8.71. The first-order valence-corrected chi connectivity index (χ1v) is 8.71. The maximum atomic E-state index is 13.0. The Bertz CT molecular complexity index is 709. The molecular weight excluding hydrogens is 352 g/mol. The van der Waals surface area contributed by atoms with Crippen LogP contribution in [-0.2, 0) is 6.54 Å². The molecule has 1 amide bonds. The molecule has 2 N–H and O–H groups in total. The Labute approximate surface area is 160 Å². The molecule has 0 saturated heterocycles. The van der Waals surface area contributed by atoms with Crippen molar-refractivity contribution in [2.75, 3.05) is 26.3 Å². The summed E-state index contributed by atoms with van der Waals surface area (Å²) in [5.74, 6) is 1.32. The molecule has 0 aromatic heterocycles. The third-order valence-corrected chi connectivity index (χ3v) is 4.13. The first kappa shape index (κ1) is 20.1. The van der Waals surface area contributed by atoms with Crippen LogP contribution in [0.1, 0.15) is 28.8 Å². The number of fused-ring (bicyclic) bond motifs is 1. The summed E-state index contributed by atoms with van der Waals surface area (Å²) in [5.41, 5.74) is 7.35. The minimum atomic E-state index is -0.0204. The quantitative estimate of drug-likeness (QED) is 0.840. The van der Waals surface area contributed by atoms with Crippen LogP contribution in [0.2, 0.25) is 0 Å². The number of carbonyl (C=O) groups is 1. The Balaban J connectivity index is 0.00000243. The Hall–Kier alpha value is -2.24. The van der Waals surface area contributed by atoms with Crippen LogP contribution in [0.5, 0.6) is 11.5 Å². The van der Waals surface area contributed by atoms with Crippen molar-refractivity contribution < 1.29 is 14.3 Å². The molecule has 0 aliphatic carbocycles. The zero-order valence-corrected chi connectivity index (χ0v) is 15.5. The van der Waals surface area contributed by atoms with Crippen LogP contribution in [0.3, 0.4) is 0 Å². The third kappa shape index (κ3) is 5.13. The first-order chi connectivity index (χ1) is 12.3. The summed E-state index contributed by atoms with van der Waals surface area (Å²) in [4.78, 5) is 14.9. The van der Waals surface area contributed by atoms with Gasteiger partial charge in [-0.25, -0.2) is 0 Å². The number of amides is 1. The number of halogens is 1. The molecule has 1 heterocycles. The van der Waals surface area contributed by atoms with E-state index in [-0.39, 0.29) is 18.3 Å². The smallest absolute Gasteiger partial charge is 0.254 e. The van der Waals surface area contributed by atoms with Crippen molar-refractivity contribution in [2.45, 2.75) is 19.4 Å². The van der Waals surface area contributed by atoms with Gasteiger partial charge in [0.15, 0.2) is 11.5 Å². The van der Waals surface area contributed by atoms with Crippen LogP contribution in [0.25, 0.3) is 0 Å². The Morgan fingerprint density at radius 1 is 1.04 bits per heavy atom. The Kier molecular flexibility index (Phi) is 7.75. The van der Waals surface area contributed by atoms with Crippen LogP contribution in [-0.4, -0.2) is 37.1 Å². The molecule has 0 bridgehead atoms. The van der Waals surface area contributed by atoms with Gasteiger partial charge in [0.05, 0.1) is 13.2 Å². The predicted molar refractivity (Wildman–Crippen MR) is 104 cm³/mol. The van der Waals surface area contributed by atoms with E-state index in [0.717, 1.165) is 18.4 Å². The molecule has 0 saturated carbocycles. The fraction of sp³-hybridized carbons (Fsp3) is 0.350. The number of nitrogens with two attached hydrogens (primary N) is 1. The normalized spacial score (nSPS) is 12.7. The second-order valence-electron chi connectivity index (χ2n) is 6.07. The van der Waals surface area contributed by atoms with Gasteiger partial charge in [-0.2, -0.15) is 0 Å². The monoisotopic (exact) mass is 376 g/mol. The molecular formula is C20H25ClN2O3. The minimum absolute atomic E-state index is 0. The van der Waals surface area contributed by atoms with E-state index in [1.807, 2.05) is 41.3 Å². The van der Waals surface area contributed by atoms with Crippen molar-refractivity contribution in [1.29, 1.82) is 0 Å².